The topological polar surface area (TPSA) is 98.8 Å². The van der Waals surface area contributed by atoms with Gasteiger partial charge in [-0.1, -0.05) is 12.1 Å². The molecule has 3 aromatic carbocycles. The van der Waals surface area contributed by atoms with Gasteiger partial charge in [-0.2, -0.15) is 0 Å². The Morgan fingerprint density at radius 1 is 0.868 bits per heavy atom. The molecule has 1 fully saturated rings. The van der Waals surface area contributed by atoms with E-state index >= 15 is 0 Å². The second kappa shape index (κ2) is 10.4. The highest BCUT2D eigenvalue weighted by molar-refractivity contribution is 7.90. The highest BCUT2D eigenvalue weighted by Crippen LogP contribution is 2.29. The van der Waals surface area contributed by atoms with Crippen molar-refractivity contribution in [2.75, 3.05) is 47.5 Å². The molecule has 0 radical (unpaired) electrons. The first-order valence-electron chi connectivity index (χ1n) is 12.1. The van der Waals surface area contributed by atoms with Crippen LogP contribution in [0, 0.1) is 11.6 Å². The Bertz CT molecular complexity index is 1460. The van der Waals surface area contributed by atoms with Gasteiger partial charge in [-0.15, -0.1) is 0 Å². The lowest BCUT2D eigenvalue weighted by Gasteiger charge is -2.36. The molecule has 8 nitrogen and oxygen atoms in total. The Morgan fingerprint density at radius 2 is 1.50 bits per heavy atom. The zero-order valence-corrected chi connectivity index (χ0v) is 21.2. The average Bonchev–Trinajstić information content (AvgIpc) is 2.90. The number of amides is 2. The molecule has 11 heteroatoms. The Balaban J connectivity index is 1.21. The van der Waals surface area contributed by atoms with E-state index in [0.717, 1.165) is 5.69 Å². The fourth-order valence-corrected chi connectivity index (χ4v) is 6.21. The quantitative estimate of drug-likeness (QED) is 0.498. The largest absolute Gasteiger partial charge is 0.371 e. The van der Waals surface area contributed by atoms with E-state index in [4.69, 9.17) is 0 Å². The van der Waals surface area contributed by atoms with E-state index in [9.17, 15) is 26.8 Å². The number of benzene rings is 3. The number of carbonyl (C=O) groups excluding carboxylic acids is 2. The molecule has 2 aliphatic heterocycles. The lowest BCUT2D eigenvalue weighted by Crippen LogP contribution is -2.49. The standard InChI is InChI=1S/C27H26F2N4O4S/c28-20-4-1-18(2-5-20)16-38(36,37)17-25-26(34)31-24-15-19(3-10-23(24)30-25)27(35)33-13-11-32(12-14-33)22-8-6-21(29)7-9-22/h1-10,15,25,30H,11-14,16-17H2,(H,31,34)/t25-/m0/s1. The summed E-state index contributed by atoms with van der Waals surface area (Å²) >= 11 is 0. The van der Waals surface area contributed by atoms with Gasteiger partial charge in [0.2, 0.25) is 5.91 Å². The molecule has 1 saturated heterocycles. The van der Waals surface area contributed by atoms with E-state index in [0.29, 0.717) is 48.7 Å². The summed E-state index contributed by atoms with van der Waals surface area (Å²) in [5.74, 6) is -2.19. The van der Waals surface area contributed by atoms with Crippen molar-refractivity contribution in [1.82, 2.24) is 4.90 Å². The average molecular weight is 541 g/mol. The van der Waals surface area contributed by atoms with Crippen molar-refractivity contribution >= 4 is 38.7 Å². The smallest absolute Gasteiger partial charge is 0.254 e. The van der Waals surface area contributed by atoms with Crippen molar-refractivity contribution < 1.29 is 26.8 Å². The van der Waals surface area contributed by atoms with Gasteiger partial charge in [0.25, 0.3) is 5.91 Å². The molecule has 198 valence electrons. The molecular weight excluding hydrogens is 514 g/mol. The van der Waals surface area contributed by atoms with Crippen molar-refractivity contribution in [2.45, 2.75) is 11.8 Å². The van der Waals surface area contributed by atoms with Gasteiger partial charge >= 0.3 is 0 Å². The number of hydrogen-bond donors (Lipinski definition) is 2. The van der Waals surface area contributed by atoms with Crippen LogP contribution < -0.4 is 15.5 Å². The van der Waals surface area contributed by atoms with E-state index in [2.05, 4.69) is 15.5 Å². The van der Waals surface area contributed by atoms with Crippen LogP contribution in [-0.2, 0) is 20.4 Å². The lowest BCUT2D eigenvalue weighted by atomic mass is 10.1. The minimum atomic E-state index is -3.67. The highest BCUT2D eigenvalue weighted by Gasteiger charge is 2.31. The third kappa shape index (κ3) is 5.77. The SMILES string of the molecule is O=C1Nc2cc(C(=O)N3CCN(c4ccc(F)cc4)CC3)ccc2N[C@H]1CS(=O)(=O)Cc1ccc(F)cc1. The fraction of sp³-hybridized carbons (Fsp3) is 0.259. The molecule has 5 rings (SSSR count). The minimum Gasteiger partial charge on any atom is -0.371 e. The summed E-state index contributed by atoms with van der Waals surface area (Å²) in [6, 6.07) is 15.3. The molecule has 2 heterocycles. The number of fused-ring (bicyclic) bond motifs is 1. The summed E-state index contributed by atoms with van der Waals surface area (Å²) in [6.07, 6.45) is 0. The van der Waals surface area contributed by atoms with Crippen molar-refractivity contribution in [3.8, 4) is 0 Å². The number of piperazine rings is 1. The van der Waals surface area contributed by atoms with Crippen molar-refractivity contribution in [3.63, 3.8) is 0 Å². The van der Waals surface area contributed by atoms with Gasteiger partial charge in [0.05, 0.1) is 22.9 Å². The molecule has 0 bridgehead atoms. The van der Waals surface area contributed by atoms with E-state index in [-0.39, 0.29) is 17.5 Å². The number of hydrogen-bond acceptors (Lipinski definition) is 6. The molecule has 3 aromatic rings. The van der Waals surface area contributed by atoms with Crippen LogP contribution in [0.3, 0.4) is 0 Å². The van der Waals surface area contributed by atoms with Gasteiger partial charge in [-0.25, -0.2) is 17.2 Å². The van der Waals surface area contributed by atoms with Crippen LogP contribution >= 0.6 is 0 Å². The zero-order chi connectivity index (χ0) is 26.9. The van der Waals surface area contributed by atoms with Gasteiger partial charge in [-0.05, 0) is 60.2 Å². The van der Waals surface area contributed by atoms with Gasteiger partial charge < -0.3 is 20.4 Å². The third-order valence-electron chi connectivity index (χ3n) is 6.65. The second-order valence-corrected chi connectivity index (χ2v) is 11.5. The summed E-state index contributed by atoms with van der Waals surface area (Å²) in [7, 11) is -3.67. The normalized spacial score (nSPS) is 17.4. The zero-order valence-electron chi connectivity index (χ0n) is 20.4. The van der Waals surface area contributed by atoms with Crippen molar-refractivity contribution in [3.05, 3.63) is 89.5 Å². The highest BCUT2D eigenvalue weighted by atomic mass is 32.2. The van der Waals surface area contributed by atoms with E-state index in [1.165, 1.54) is 36.4 Å². The number of anilines is 3. The van der Waals surface area contributed by atoms with Crippen LogP contribution in [0.2, 0.25) is 0 Å². The van der Waals surface area contributed by atoms with Crippen LogP contribution in [0.4, 0.5) is 25.8 Å². The number of nitrogens with one attached hydrogen (secondary N) is 2. The maximum absolute atomic E-state index is 13.2. The second-order valence-electron chi connectivity index (χ2n) is 9.38. The molecule has 38 heavy (non-hydrogen) atoms. The molecule has 0 aliphatic carbocycles. The maximum atomic E-state index is 13.2. The van der Waals surface area contributed by atoms with Crippen molar-refractivity contribution in [2.24, 2.45) is 0 Å². The van der Waals surface area contributed by atoms with Crippen LogP contribution in [0.1, 0.15) is 15.9 Å². The first-order chi connectivity index (χ1) is 18.2. The Hall–Kier alpha value is -3.99. The first-order valence-corrected chi connectivity index (χ1v) is 14.0. The van der Waals surface area contributed by atoms with E-state index in [1.54, 1.807) is 35.2 Å². The summed E-state index contributed by atoms with van der Waals surface area (Å²) in [4.78, 5) is 29.6. The number of sulfone groups is 1. The van der Waals surface area contributed by atoms with Gasteiger partial charge in [-0.3, -0.25) is 9.59 Å². The molecule has 1 atom stereocenters. The first kappa shape index (κ1) is 25.7. The number of rotatable bonds is 6. The predicted molar refractivity (Wildman–Crippen MR) is 141 cm³/mol. The van der Waals surface area contributed by atoms with E-state index < -0.39 is 33.4 Å². The molecule has 0 spiro atoms. The summed E-state index contributed by atoms with van der Waals surface area (Å²) < 4.78 is 51.7. The maximum Gasteiger partial charge on any atom is 0.254 e. The van der Waals surface area contributed by atoms with Crippen LogP contribution in [0.15, 0.2) is 66.7 Å². The minimum absolute atomic E-state index is 0.176. The van der Waals surface area contributed by atoms with Gasteiger partial charge in [0, 0.05) is 37.4 Å². The van der Waals surface area contributed by atoms with Crippen LogP contribution in [-0.4, -0.2) is 63.1 Å². The van der Waals surface area contributed by atoms with Gasteiger partial charge in [0.15, 0.2) is 9.84 Å². The molecule has 2 aliphatic rings. The number of nitrogens with zero attached hydrogens (tertiary/aromatic N) is 2. The Morgan fingerprint density at radius 3 is 2.16 bits per heavy atom. The summed E-state index contributed by atoms with van der Waals surface area (Å²) in [6.45, 7) is 2.20. The molecule has 0 saturated carbocycles. The number of halogens is 2. The molecule has 2 N–H and O–H groups in total. The summed E-state index contributed by atoms with van der Waals surface area (Å²) in [5, 5.41) is 5.67. The van der Waals surface area contributed by atoms with E-state index in [1.807, 2.05) is 0 Å². The van der Waals surface area contributed by atoms with Gasteiger partial charge in [0.1, 0.15) is 17.7 Å². The Labute approximate surface area is 219 Å². The van der Waals surface area contributed by atoms with Crippen molar-refractivity contribution in [1.29, 1.82) is 0 Å². The molecule has 2 amide bonds. The fourth-order valence-electron chi connectivity index (χ4n) is 4.65. The molecule has 0 unspecified atom stereocenters. The third-order valence-corrected chi connectivity index (χ3v) is 8.26. The lowest BCUT2D eigenvalue weighted by molar-refractivity contribution is -0.116. The molecular formula is C27H26F2N4O4S. The van der Waals surface area contributed by atoms with Crippen LogP contribution in [0.25, 0.3) is 0 Å². The predicted octanol–water partition coefficient (Wildman–Crippen LogP) is 3.27. The Kier molecular flexibility index (Phi) is 7.02. The molecule has 0 aromatic heterocycles. The van der Waals surface area contributed by atoms with Crippen LogP contribution in [0.5, 0.6) is 0 Å². The number of carbonyl (C=O) groups is 2. The summed E-state index contributed by atoms with van der Waals surface area (Å²) in [5.41, 5.74) is 2.66. The monoisotopic (exact) mass is 540 g/mol.